The second kappa shape index (κ2) is 7.93. The third kappa shape index (κ3) is 3.43. The fraction of sp³-hybridized carbons (Fsp3) is 0.417. The van der Waals surface area contributed by atoms with E-state index in [1.54, 1.807) is 0 Å². The molecule has 0 spiro atoms. The van der Waals surface area contributed by atoms with Crippen LogP contribution >= 0.6 is 11.6 Å². The molecule has 1 atom stereocenters. The number of fused-ring (bicyclic) bond motifs is 3. The lowest BCUT2D eigenvalue weighted by atomic mass is 9.97. The molecule has 0 aliphatic carbocycles. The van der Waals surface area contributed by atoms with Crippen molar-refractivity contribution in [2.45, 2.75) is 39.9 Å². The third-order valence-electron chi connectivity index (χ3n) is 6.76. The van der Waals surface area contributed by atoms with Gasteiger partial charge in [0, 0.05) is 55.6 Å². The molecule has 0 bridgehead atoms. The Bertz CT molecular complexity index is 1160. The summed E-state index contributed by atoms with van der Waals surface area (Å²) in [5.74, 6) is 0. The van der Waals surface area contributed by atoms with Gasteiger partial charge in [0.05, 0.1) is 28.6 Å². The van der Waals surface area contributed by atoms with E-state index in [1.165, 1.54) is 16.7 Å². The molecule has 1 saturated heterocycles. The normalized spacial score (nSPS) is 17.9. The Hall–Kier alpha value is -2.41. The number of aryl methyl sites for hydroxylation is 2. The predicted molar refractivity (Wildman–Crippen MR) is 125 cm³/mol. The van der Waals surface area contributed by atoms with E-state index < -0.39 is 0 Å². The zero-order valence-corrected chi connectivity index (χ0v) is 19.2. The number of rotatable bonds is 4. The van der Waals surface area contributed by atoms with Crippen LogP contribution in [0.1, 0.15) is 46.7 Å². The topological polar surface area (TPSA) is 48.7 Å². The van der Waals surface area contributed by atoms with E-state index in [1.807, 2.05) is 18.4 Å². The molecule has 3 aromatic rings. The summed E-state index contributed by atoms with van der Waals surface area (Å²) in [7, 11) is 0. The van der Waals surface area contributed by atoms with E-state index in [0.717, 1.165) is 67.7 Å². The number of halogens is 1. The Morgan fingerprint density at radius 2 is 1.90 bits per heavy atom. The van der Waals surface area contributed by atoms with Gasteiger partial charge in [0.2, 0.25) is 0 Å². The highest BCUT2D eigenvalue weighted by Crippen LogP contribution is 2.36. The molecular weight excluding hydrogens is 408 g/mol. The van der Waals surface area contributed by atoms with Gasteiger partial charge in [-0.3, -0.25) is 4.90 Å². The maximum atomic E-state index is 6.39. The molecule has 0 radical (unpaired) electrons. The summed E-state index contributed by atoms with van der Waals surface area (Å²) in [4.78, 5) is 9.61. The smallest absolute Gasteiger partial charge is 0.160 e. The molecule has 4 heterocycles. The molecule has 0 amide bonds. The lowest BCUT2D eigenvalue weighted by Crippen LogP contribution is -2.44. The lowest BCUT2D eigenvalue weighted by molar-refractivity contribution is 0.185. The van der Waals surface area contributed by atoms with Gasteiger partial charge in [-0.15, -0.1) is 0 Å². The van der Waals surface area contributed by atoms with Gasteiger partial charge in [0.1, 0.15) is 0 Å². The van der Waals surface area contributed by atoms with Crippen LogP contribution in [-0.4, -0.2) is 50.6 Å². The molecule has 162 valence electrons. The minimum absolute atomic E-state index is 0.354. The average Bonchev–Trinajstić information content (AvgIpc) is 3.36. The van der Waals surface area contributed by atoms with Crippen molar-refractivity contribution < 1.29 is 0 Å². The first-order valence-corrected chi connectivity index (χ1v) is 11.3. The molecule has 2 aromatic heterocycles. The number of hydrogen-bond donors (Lipinski definition) is 1. The van der Waals surface area contributed by atoms with Crippen molar-refractivity contribution in [1.82, 2.24) is 29.7 Å². The number of benzene rings is 1. The minimum atomic E-state index is 0.354. The van der Waals surface area contributed by atoms with Gasteiger partial charge in [0.15, 0.2) is 5.65 Å². The van der Waals surface area contributed by atoms with Crippen LogP contribution in [0, 0.1) is 13.8 Å². The molecule has 1 N–H and O–H groups in total. The Morgan fingerprint density at radius 3 is 2.68 bits per heavy atom. The van der Waals surface area contributed by atoms with Crippen molar-refractivity contribution in [3.8, 4) is 0 Å². The van der Waals surface area contributed by atoms with Crippen LogP contribution in [0.4, 0.5) is 0 Å². The maximum Gasteiger partial charge on any atom is 0.160 e. The van der Waals surface area contributed by atoms with Crippen molar-refractivity contribution >= 4 is 22.9 Å². The maximum absolute atomic E-state index is 6.39. The van der Waals surface area contributed by atoms with Crippen LogP contribution in [0.3, 0.4) is 0 Å². The van der Waals surface area contributed by atoms with Crippen LogP contribution < -0.4 is 5.32 Å². The molecule has 31 heavy (non-hydrogen) atoms. The van der Waals surface area contributed by atoms with E-state index in [4.69, 9.17) is 21.7 Å². The summed E-state index contributed by atoms with van der Waals surface area (Å²) in [6.45, 7) is 16.5. The molecule has 0 saturated carbocycles. The van der Waals surface area contributed by atoms with Crippen LogP contribution in [0.2, 0.25) is 5.02 Å². The van der Waals surface area contributed by atoms with Crippen molar-refractivity contribution in [1.29, 1.82) is 0 Å². The molecule has 5 rings (SSSR count). The van der Waals surface area contributed by atoms with Crippen LogP contribution in [0.5, 0.6) is 0 Å². The second-order valence-corrected chi connectivity index (χ2v) is 8.99. The summed E-state index contributed by atoms with van der Waals surface area (Å²) in [6, 6.07) is 9.04. The summed E-state index contributed by atoms with van der Waals surface area (Å²) in [5, 5.41) is 8.96. The number of nitrogens with one attached hydrogen (secondary N) is 1. The molecule has 1 aromatic carbocycles. The Morgan fingerprint density at radius 1 is 1.16 bits per heavy atom. The van der Waals surface area contributed by atoms with Crippen LogP contribution in [-0.2, 0) is 13.1 Å². The highest BCUT2D eigenvalue weighted by atomic mass is 35.5. The van der Waals surface area contributed by atoms with Gasteiger partial charge in [-0.05, 0) is 26.3 Å². The number of nitrogens with zero attached hydrogens (tertiary/aromatic N) is 5. The van der Waals surface area contributed by atoms with Crippen LogP contribution in [0.15, 0.2) is 30.8 Å². The monoisotopic (exact) mass is 436 g/mol. The highest BCUT2D eigenvalue weighted by Gasteiger charge is 2.29. The first-order chi connectivity index (χ1) is 15.0. The summed E-state index contributed by atoms with van der Waals surface area (Å²) in [6.07, 6.45) is 0. The Kier molecular flexibility index (Phi) is 5.24. The fourth-order valence-corrected chi connectivity index (χ4v) is 4.99. The van der Waals surface area contributed by atoms with Crippen molar-refractivity contribution in [2.24, 2.45) is 0 Å². The molecule has 2 aliphatic rings. The molecular formula is C24H29ClN6. The molecule has 6 nitrogen and oxygen atoms in total. The van der Waals surface area contributed by atoms with Gasteiger partial charge in [-0.25, -0.2) is 9.50 Å². The standard InChI is InChI=1S/C24H29ClN6/c1-15-23(25)18(4)31-24(27-15)21-13-30(14-22(21)28-31)17(3)20-8-6-5-7-19(20)16(2)29-11-9-26-10-12-29/h5-8,16,26H,3,9-14H2,1-2,4H3. The quantitative estimate of drug-likeness (QED) is 0.671. The van der Waals surface area contributed by atoms with E-state index in [9.17, 15) is 0 Å². The van der Waals surface area contributed by atoms with E-state index in [2.05, 4.69) is 52.9 Å². The molecule has 1 unspecified atom stereocenters. The SMILES string of the molecule is C=C(c1ccccc1C(C)N1CCNCC1)N1Cc2nn3c(C)c(Cl)c(C)nc3c2C1. The third-order valence-corrected chi connectivity index (χ3v) is 7.31. The first kappa shape index (κ1) is 20.5. The predicted octanol–water partition coefficient (Wildman–Crippen LogP) is 3.95. The number of aromatic nitrogens is 3. The van der Waals surface area contributed by atoms with Gasteiger partial charge in [-0.1, -0.05) is 42.4 Å². The highest BCUT2D eigenvalue weighted by molar-refractivity contribution is 6.31. The van der Waals surface area contributed by atoms with Crippen LogP contribution in [0.25, 0.3) is 11.3 Å². The summed E-state index contributed by atoms with van der Waals surface area (Å²) >= 11 is 6.39. The molecule has 2 aliphatic heterocycles. The number of piperazine rings is 1. The molecule has 7 heteroatoms. The largest absolute Gasteiger partial charge is 0.361 e. The van der Waals surface area contributed by atoms with Gasteiger partial charge in [0.25, 0.3) is 0 Å². The van der Waals surface area contributed by atoms with E-state index in [0.29, 0.717) is 11.1 Å². The lowest BCUT2D eigenvalue weighted by Gasteiger charge is -2.34. The van der Waals surface area contributed by atoms with Crippen molar-refractivity contribution in [3.63, 3.8) is 0 Å². The van der Waals surface area contributed by atoms with E-state index >= 15 is 0 Å². The van der Waals surface area contributed by atoms with Crippen molar-refractivity contribution in [2.75, 3.05) is 26.2 Å². The zero-order chi connectivity index (χ0) is 21.7. The molecule has 1 fully saturated rings. The first-order valence-electron chi connectivity index (χ1n) is 11.0. The zero-order valence-electron chi connectivity index (χ0n) is 18.5. The Labute approximate surface area is 188 Å². The minimum Gasteiger partial charge on any atom is -0.361 e. The summed E-state index contributed by atoms with van der Waals surface area (Å²) in [5.41, 5.74) is 8.55. The Balaban J connectivity index is 1.44. The van der Waals surface area contributed by atoms with Gasteiger partial charge in [-0.2, -0.15) is 5.10 Å². The number of hydrogen-bond acceptors (Lipinski definition) is 5. The second-order valence-electron chi connectivity index (χ2n) is 8.61. The average molecular weight is 437 g/mol. The van der Waals surface area contributed by atoms with E-state index in [-0.39, 0.29) is 0 Å². The summed E-state index contributed by atoms with van der Waals surface area (Å²) < 4.78 is 1.89. The fourth-order valence-electron chi connectivity index (χ4n) is 4.86. The van der Waals surface area contributed by atoms with Gasteiger partial charge < -0.3 is 10.2 Å². The van der Waals surface area contributed by atoms with Gasteiger partial charge >= 0.3 is 0 Å². The van der Waals surface area contributed by atoms with Crippen molar-refractivity contribution in [3.05, 3.63) is 69.6 Å².